The molecular formula is C24H28Cl2N2O3. The lowest BCUT2D eigenvalue weighted by molar-refractivity contribution is -0.131. The molecule has 4 rings (SSSR count). The monoisotopic (exact) mass is 462 g/mol. The van der Waals surface area contributed by atoms with Crippen molar-refractivity contribution in [1.82, 2.24) is 10.2 Å². The van der Waals surface area contributed by atoms with Gasteiger partial charge >= 0.3 is 0 Å². The largest absolute Gasteiger partial charge is 0.508 e. The fourth-order valence-electron chi connectivity index (χ4n) is 5.41. The zero-order valence-corrected chi connectivity index (χ0v) is 19.1. The van der Waals surface area contributed by atoms with Crippen LogP contribution >= 0.6 is 23.2 Å². The number of hydrogen-bond donors (Lipinski definition) is 3. The highest BCUT2D eigenvalue weighted by atomic mass is 35.5. The van der Waals surface area contributed by atoms with Crippen molar-refractivity contribution < 1.29 is 15.0 Å². The Morgan fingerprint density at radius 1 is 1.19 bits per heavy atom. The summed E-state index contributed by atoms with van der Waals surface area (Å²) in [5.74, 6) is 0.117. The van der Waals surface area contributed by atoms with E-state index in [9.17, 15) is 15.0 Å². The smallest absolute Gasteiger partial charge is 0.224 e. The Morgan fingerprint density at radius 3 is 2.74 bits per heavy atom. The number of nitrogens with one attached hydrogen (secondary N) is 1. The molecule has 7 heteroatoms. The lowest BCUT2D eigenvalue weighted by atomic mass is 9.55. The number of aliphatic hydroxyl groups is 1. The number of benzene rings is 2. The maximum atomic E-state index is 12.8. The molecule has 0 spiro atoms. The van der Waals surface area contributed by atoms with Gasteiger partial charge in [0.2, 0.25) is 5.91 Å². The number of piperidine rings is 1. The van der Waals surface area contributed by atoms with Crippen LogP contribution in [0, 0.1) is 0 Å². The summed E-state index contributed by atoms with van der Waals surface area (Å²) in [6, 6.07) is 12.4. The molecule has 3 N–H and O–H groups in total. The van der Waals surface area contributed by atoms with Gasteiger partial charge in [0.05, 0.1) is 22.1 Å². The Kier molecular flexibility index (Phi) is 6.23. The Balaban J connectivity index is 1.55. The van der Waals surface area contributed by atoms with Crippen molar-refractivity contribution in [3.63, 3.8) is 0 Å². The van der Waals surface area contributed by atoms with Crippen molar-refractivity contribution in [3.05, 3.63) is 63.6 Å². The van der Waals surface area contributed by atoms with Gasteiger partial charge in [0.25, 0.3) is 0 Å². The van der Waals surface area contributed by atoms with Gasteiger partial charge in [0.1, 0.15) is 5.75 Å². The van der Waals surface area contributed by atoms with Crippen LogP contribution in [0.4, 0.5) is 0 Å². The molecular weight excluding hydrogens is 435 g/mol. The molecule has 0 bridgehead atoms. The van der Waals surface area contributed by atoms with Gasteiger partial charge in [-0.2, -0.15) is 0 Å². The molecule has 31 heavy (non-hydrogen) atoms. The van der Waals surface area contributed by atoms with Crippen LogP contribution in [0.5, 0.6) is 5.75 Å². The number of nitrogens with zero attached hydrogens (tertiary/aromatic N) is 1. The molecule has 1 saturated heterocycles. The first-order valence-corrected chi connectivity index (χ1v) is 11.4. The molecule has 2 aromatic carbocycles. The van der Waals surface area contributed by atoms with E-state index in [1.54, 1.807) is 30.3 Å². The van der Waals surface area contributed by atoms with Crippen LogP contribution in [0.1, 0.15) is 36.8 Å². The number of phenolic OH excluding ortho intramolecular Hbond substituents is 1. The molecule has 2 aliphatic rings. The van der Waals surface area contributed by atoms with E-state index >= 15 is 0 Å². The molecule has 1 aliphatic carbocycles. The van der Waals surface area contributed by atoms with Crippen LogP contribution in [0.15, 0.2) is 42.5 Å². The fraction of sp³-hybridized carbons (Fsp3) is 0.458. The summed E-state index contributed by atoms with van der Waals surface area (Å²) in [6.45, 7) is 1.43. The summed E-state index contributed by atoms with van der Waals surface area (Å²) >= 11 is 12.0. The van der Waals surface area contributed by atoms with Crippen molar-refractivity contribution in [3.8, 4) is 5.75 Å². The second kappa shape index (κ2) is 8.62. The number of fused-ring (bicyclic) bond motifs is 1. The molecule has 2 aromatic rings. The second-order valence-corrected chi connectivity index (χ2v) is 9.90. The highest BCUT2D eigenvalue weighted by Gasteiger charge is 2.57. The Morgan fingerprint density at radius 2 is 2.00 bits per heavy atom. The number of likely N-dealkylation sites (tertiary alicyclic amines) is 1. The predicted octanol–water partition coefficient (Wildman–Crippen LogP) is 3.91. The van der Waals surface area contributed by atoms with Gasteiger partial charge in [-0.25, -0.2) is 0 Å². The highest BCUT2D eigenvalue weighted by molar-refractivity contribution is 6.42. The van der Waals surface area contributed by atoms with Crippen LogP contribution in [0.3, 0.4) is 0 Å². The first-order chi connectivity index (χ1) is 14.7. The lowest BCUT2D eigenvalue weighted by Gasteiger charge is -2.57. The first kappa shape index (κ1) is 22.4. The second-order valence-electron chi connectivity index (χ2n) is 9.08. The maximum absolute atomic E-state index is 12.8. The highest BCUT2D eigenvalue weighted by Crippen LogP contribution is 2.51. The van der Waals surface area contributed by atoms with Gasteiger partial charge in [0, 0.05) is 18.0 Å². The lowest BCUT2D eigenvalue weighted by Crippen LogP contribution is -2.66. The molecule has 1 aliphatic heterocycles. The van der Waals surface area contributed by atoms with Crippen LogP contribution in [-0.4, -0.2) is 52.8 Å². The predicted molar refractivity (Wildman–Crippen MR) is 123 cm³/mol. The number of carbonyl (C=O) groups is 1. The molecule has 5 nitrogen and oxygen atoms in total. The molecule has 1 saturated carbocycles. The normalized spacial score (nSPS) is 28.7. The summed E-state index contributed by atoms with van der Waals surface area (Å²) in [6.07, 6.45) is 2.92. The van der Waals surface area contributed by atoms with Crippen molar-refractivity contribution in [2.24, 2.45) is 0 Å². The third-order valence-corrected chi connectivity index (χ3v) is 7.70. The van der Waals surface area contributed by atoms with Crippen LogP contribution in [0.25, 0.3) is 0 Å². The average Bonchev–Trinajstić information content (AvgIpc) is 2.71. The Labute approximate surface area is 193 Å². The van der Waals surface area contributed by atoms with Gasteiger partial charge in [0.15, 0.2) is 0 Å². The van der Waals surface area contributed by atoms with Crippen LogP contribution in [0.2, 0.25) is 10.0 Å². The van der Waals surface area contributed by atoms with Crippen LogP contribution < -0.4 is 5.32 Å². The van der Waals surface area contributed by atoms with Crippen LogP contribution in [-0.2, 0) is 16.6 Å². The molecule has 2 fully saturated rings. The summed E-state index contributed by atoms with van der Waals surface area (Å²) in [7, 11) is 2.02. The first-order valence-electron chi connectivity index (χ1n) is 10.6. The standard InChI is InChI=1S/C24H28Cl2N2O3/c1-28-10-9-23(17-3-2-4-19(29)13-17)14-18(7-8-24(23,31)15-28)27-22(30)12-16-5-6-20(25)21(26)11-16/h2-6,11,13,18,29,31H,7-10,12,14-15H2,1H3,(H,27,30)/t18-,23?,24?/m0/s1. The molecule has 1 heterocycles. The molecule has 166 valence electrons. The number of aromatic hydroxyl groups is 1. The molecule has 1 amide bonds. The summed E-state index contributed by atoms with van der Waals surface area (Å²) in [5.41, 5.74) is 0.323. The van der Waals surface area contributed by atoms with E-state index in [0.717, 1.165) is 24.1 Å². The number of phenols is 1. The quantitative estimate of drug-likeness (QED) is 0.643. The van der Waals surface area contributed by atoms with Gasteiger partial charge in [-0.3, -0.25) is 4.79 Å². The van der Waals surface area contributed by atoms with E-state index < -0.39 is 11.0 Å². The minimum absolute atomic E-state index is 0.0543. The number of hydrogen-bond acceptors (Lipinski definition) is 4. The zero-order valence-electron chi connectivity index (χ0n) is 17.6. The van der Waals surface area contributed by atoms with Crippen molar-refractivity contribution in [2.75, 3.05) is 20.1 Å². The number of likely N-dealkylation sites (N-methyl/N-ethyl adjacent to an activating group) is 1. The van der Waals surface area contributed by atoms with E-state index in [0.29, 0.717) is 35.9 Å². The molecule has 2 unspecified atom stereocenters. The van der Waals surface area contributed by atoms with E-state index in [2.05, 4.69) is 10.2 Å². The Hall–Kier alpha value is -1.79. The number of β-amino-alcohol motifs (C(OH)–C–C–N with tert-alkyl or cyclic N) is 1. The average molecular weight is 463 g/mol. The van der Waals surface area contributed by atoms with E-state index in [1.165, 1.54) is 0 Å². The topological polar surface area (TPSA) is 72.8 Å². The fourth-order valence-corrected chi connectivity index (χ4v) is 5.73. The van der Waals surface area contributed by atoms with Crippen molar-refractivity contribution in [2.45, 2.75) is 49.2 Å². The Bertz CT molecular complexity index is 985. The van der Waals surface area contributed by atoms with Crippen molar-refractivity contribution >= 4 is 29.1 Å². The van der Waals surface area contributed by atoms with E-state index in [-0.39, 0.29) is 24.1 Å². The number of halogens is 2. The number of carbonyl (C=O) groups excluding carboxylic acids is 1. The minimum Gasteiger partial charge on any atom is -0.508 e. The number of amides is 1. The SMILES string of the molecule is CN1CCC2(c3cccc(O)c3)C[C@@H](NC(=O)Cc3ccc(Cl)c(Cl)c3)CCC2(O)C1. The van der Waals surface area contributed by atoms with Gasteiger partial charge in [-0.05, 0) is 74.7 Å². The summed E-state index contributed by atoms with van der Waals surface area (Å²) in [4.78, 5) is 14.9. The third kappa shape index (κ3) is 4.42. The van der Waals surface area contributed by atoms with E-state index in [4.69, 9.17) is 23.2 Å². The number of rotatable bonds is 4. The molecule has 0 aromatic heterocycles. The third-order valence-electron chi connectivity index (χ3n) is 6.96. The molecule has 3 atom stereocenters. The van der Waals surface area contributed by atoms with Crippen molar-refractivity contribution in [1.29, 1.82) is 0 Å². The summed E-state index contributed by atoms with van der Waals surface area (Å²) in [5, 5.41) is 25.9. The molecule has 0 radical (unpaired) electrons. The van der Waals surface area contributed by atoms with Gasteiger partial charge in [-0.1, -0.05) is 41.4 Å². The maximum Gasteiger partial charge on any atom is 0.224 e. The van der Waals surface area contributed by atoms with Gasteiger partial charge < -0.3 is 20.4 Å². The van der Waals surface area contributed by atoms with E-state index in [1.807, 2.05) is 19.2 Å². The summed E-state index contributed by atoms with van der Waals surface area (Å²) < 4.78 is 0. The zero-order chi connectivity index (χ0) is 22.2. The van der Waals surface area contributed by atoms with Gasteiger partial charge in [-0.15, -0.1) is 0 Å². The minimum atomic E-state index is -0.904.